The highest BCUT2D eigenvalue weighted by Gasteiger charge is 2.09. The third kappa shape index (κ3) is 3.45. The fourth-order valence-electron chi connectivity index (χ4n) is 1.69. The number of methoxy groups -OCH3 is 1. The highest BCUT2D eigenvalue weighted by Crippen LogP contribution is 2.21. The molecule has 4 nitrogen and oxygen atoms in total. The van der Waals surface area contributed by atoms with Crippen LogP contribution in [0.4, 0.5) is 5.69 Å². The van der Waals surface area contributed by atoms with Crippen molar-refractivity contribution in [3.63, 3.8) is 0 Å². The third-order valence-electron chi connectivity index (χ3n) is 2.59. The topological polar surface area (TPSA) is 51.2 Å². The lowest BCUT2D eigenvalue weighted by molar-refractivity contribution is -0.115. The van der Waals surface area contributed by atoms with Crippen molar-refractivity contribution in [2.24, 2.45) is 0 Å². The van der Waals surface area contributed by atoms with Gasteiger partial charge in [0.05, 0.1) is 30.4 Å². The summed E-state index contributed by atoms with van der Waals surface area (Å²) in [5.41, 5.74) is 1.33. The van der Waals surface area contributed by atoms with Crippen molar-refractivity contribution < 1.29 is 9.53 Å². The van der Waals surface area contributed by atoms with Crippen LogP contribution < -0.4 is 10.1 Å². The van der Waals surface area contributed by atoms with Gasteiger partial charge in [-0.3, -0.25) is 9.78 Å². The molecule has 0 saturated carbocycles. The number of aromatic nitrogens is 1. The molecule has 0 aliphatic carbocycles. The molecule has 5 heteroatoms. The van der Waals surface area contributed by atoms with Crippen molar-refractivity contribution in [3.8, 4) is 5.75 Å². The Balaban J connectivity index is 2.08. The van der Waals surface area contributed by atoms with Crippen LogP contribution in [0.25, 0.3) is 0 Å². The second-order valence-electron chi connectivity index (χ2n) is 3.89. The van der Waals surface area contributed by atoms with Crippen LogP contribution in [0.1, 0.15) is 5.56 Å². The van der Waals surface area contributed by atoms with Gasteiger partial charge in [0.15, 0.2) is 0 Å². The molecule has 0 saturated heterocycles. The van der Waals surface area contributed by atoms with Gasteiger partial charge in [-0.05, 0) is 12.1 Å². The molecule has 0 unspecified atom stereocenters. The average Bonchev–Trinajstić information content (AvgIpc) is 2.42. The summed E-state index contributed by atoms with van der Waals surface area (Å²) in [6, 6.07) is 9.02. The molecule has 0 aliphatic rings. The number of amides is 1. The Hall–Kier alpha value is -2.07. The lowest BCUT2D eigenvalue weighted by Crippen LogP contribution is -2.15. The summed E-state index contributed by atoms with van der Waals surface area (Å²) in [6.07, 6.45) is 3.30. The summed E-state index contributed by atoms with van der Waals surface area (Å²) in [7, 11) is 1.58. The number of hydrogen-bond acceptors (Lipinski definition) is 3. The van der Waals surface area contributed by atoms with Gasteiger partial charge in [0.25, 0.3) is 0 Å². The first kappa shape index (κ1) is 13.4. The molecule has 0 spiro atoms. The lowest BCUT2D eigenvalue weighted by Gasteiger charge is -2.09. The molecule has 0 atom stereocenters. The van der Waals surface area contributed by atoms with E-state index in [9.17, 15) is 4.79 Å². The van der Waals surface area contributed by atoms with Gasteiger partial charge in [-0.25, -0.2) is 0 Å². The maximum Gasteiger partial charge on any atom is 0.229 e. The minimum atomic E-state index is -0.167. The van der Waals surface area contributed by atoms with Gasteiger partial charge in [0, 0.05) is 11.8 Å². The Morgan fingerprint density at radius 1 is 1.37 bits per heavy atom. The van der Waals surface area contributed by atoms with E-state index >= 15 is 0 Å². The van der Waals surface area contributed by atoms with Crippen LogP contribution in [0, 0.1) is 0 Å². The maximum atomic E-state index is 11.9. The van der Waals surface area contributed by atoms with Crippen LogP contribution in [-0.2, 0) is 11.2 Å². The molecule has 1 aromatic carbocycles. The predicted molar refractivity (Wildman–Crippen MR) is 74.6 cm³/mol. The minimum Gasteiger partial charge on any atom is -0.496 e. The van der Waals surface area contributed by atoms with E-state index in [1.165, 1.54) is 6.20 Å². The third-order valence-corrected chi connectivity index (χ3v) is 2.92. The van der Waals surface area contributed by atoms with Gasteiger partial charge in [-0.15, -0.1) is 0 Å². The SMILES string of the molecule is COc1ccccc1CC(=O)Nc1cnccc1Cl. The number of anilines is 1. The van der Waals surface area contributed by atoms with Gasteiger partial charge in [0.1, 0.15) is 5.75 Å². The first-order valence-electron chi connectivity index (χ1n) is 5.72. The first-order chi connectivity index (χ1) is 9.20. The normalized spacial score (nSPS) is 10.0. The number of nitrogens with zero attached hydrogens (tertiary/aromatic N) is 1. The Morgan fingerprint density at radius 3 is 2.89 bits per heavy atom. The van der Waals surface area contributed by atoms with E-state index in [2.05, 4.69) is 10.3 Å². The van der Waals surface area contributed by atoms with E-state index in [1.54, 1.807) is 19.4 Å². The summed E-state index contributed by atoms with van der Waals surface area (Å²) in [4.78, 5) is 15.9. The standard InChI is InChI=1S/C14H13ClN2O2/c1-19-13-5-3-2-4-10(13)8-14(18)17-12-9-16-7-6-11(12)15/h2-7,9H,8H2,1H3,(H,17,18). The number of para-hydroxylation sites is 1. The van der Waals surface area contributed by atoms with Crippen LogP contribution in [0.15, 0.2) is 42.7 Å². The molecule has 0 aliphatic heterocycles. The molecule has 1 heterocycles. The molecule has 0 fully saturated rings. The summed E-state index contributed by atoms with van der Waals surface area (Å²) in [5.74, 6) is 0.523. The van der Waals surface area contributed by atoms with Gasteiger partial charge in [0.2, 0.25) is 5.91 Å². The number of ether oxygens (including phenoxy) is 1. The Kier molecular flexibility index (Phi) is 4.36. The van der Waals surface area contributed by atoms with Crippen LogP contribution in [0.3, 0.4) is 0 Å². The van der Waals surface area contributed by atoms with Crippen molar-refractivity contribution in [1.82, 2.24) is 4.98 Å². The minimum absolute atomic E-state index is 0.167. The Bertz CT molecular complexity index is 587. The molecule has 0 bridgehead atoms. The Labute approximate surface area is 116 Å². The molecule has 1 aromatic heterocycles. The molecular formula is C14H13ClN2O2. The van der Waals surface area contributed by atoms with Gasteiger partial charge in [-0.2, -0.15) is 0 Å². The van der Waals surface area contributed by atoms with Gasteiger partial charge < -0.3 is 10.1 Å². The largest absolute Gasteiger partial charge is 0.496 e. The molecule has 19 heavy (non-hydrogen) atoms. The maximum absolute atomic E-state index is 11.9. The zero-order valence-electron chi connectivity index (χ0n) is 10.4. The fraction of sp³-hybridized carbons (Fsp3) is 0.143. The van der Waals surface area contributed by atoms with Crippen LogP contribution in [0.5, 0.6) is 5.75 Å². The number of rotatable bonds is 4. The number of pyridine rings is 1. The predicted octanol–water partition coefficient (Wildman–Crippen LogP) is 2.92. The van der Waals surface area contributed by atoms with Crippen LogP contribution in [-0.4, -0.2) is 18.0 Å². The summed E-state index contributed by atoms with van der Waals surface area (Å²) >= 11 is 5.95. The van der Waals surface area contributed by atoms with E-state index in [0.717, 1.165) is 5.56 Å². The average molecular weight is 277 g/mol. The van der Waals surface area contributed by atoms with Crippen molar-refractivity contribution in [3.05, 3.63) is 53.3 Å². The van der Waals surface area contributed by atoms with Crippen molar-refractivity contribution in [1.29, 1.82) is 0 Å². The molecule has 1 amide bonds. The molecule has 98 valence electrons. The summed E-state index contributed by atoms with van der Waals surface area (Å²) in [5, 5.41) is 3.18. The molecule has 2 aromatic rings. The number of carbonyl (C=O) groups excluding carboxylic acids is 1. The zero-order valence-corrected chi connectivity index (χ0v) is 11.1. The van der Waals surface area contributed by atoms with Gasteiger partial charge in [-0.1, -0.05) is 29.8 Å². The number of benzene rings is 1. The molecular weight excluding hydrogens is 264 g/mol. The highest BCUT2D eigenvalue weighted by molar-refractivity contribution is 6.33. The van der Waals surface area contributed by atoms with E-state index in [1.807, 2.05) is 24.3 Å². The van der Waals surface area contributed by atoms with Crippen molar-refractivity contribution in [2.45, 2.75) is 6.42 Å². The summed E-state index contributed by atoms with van der Waals surface area (Å²) < 4.78 is 5.20. The lowest BCUT2D eigenvalue weighted by atomic mass is 10.1. The van der Waals surface area contributed by atoms with Crippen LogP contribution >= 0.6 is 11.6 Å². The molecule has 1 N–H and O–H groups in total. The number of carbonyl (C=O) groups is 1. The van der Waals surface area contributed by atoms with Crippen molar-refractivity contribution in [2.75, 3.05) is 12.4 Å². The smallest absolute Gasteiger partial charge is 0.229 e. The van der Waals surface area contributed by atoms with Crippen LogP contribution in [0.2, 0.25) is 5.02 Å². The van der Waals surface area contributed by atoms with E-state index in [-0.39, 0.29) is 12.3 Å². The van der Waals surface area contributed by atoms with Crippen molar-refractivity contribution >= 4 is 23.2 Å². The summed E-state index contributed by atoms with van der Waals surface area (Å²) in [6.45, 7) is 0. The zero-order chi connectivity index (χ0) is 13.7. The quantitative estimate of drug-likeness (QED) is 0.934. The second-order valence-corrected chi connectivity index (χ2v) is 4.30. The van der Waals surface area contributed by atoms with E-state index in [0.29, 0.717) is 16.5 Å². The highest BCUT2D eigenvalue weighted by atomic mass is 35.5. The first-order valence-corrected chi connectivity index (χ1v) is 6.09. The second kappa shape index (κ2) is 6.20. The van der Waals surface area contributed by atoms with Gasteiger partial charge >= 0.3 is 0 Å². The molecule has 0 radical (unpaired) electrons. The van der Waals surface area contributed by atoms with E-state index < -0.39 is 0 Å². The Morgan fingerprint density at radius 2 is 2.16 bits per heavy atom. The van der Waals surface area contributed by atoms with E-state index in [4.69, 9.17) is 16.3 Å². The number of nitrogens with one attached hydrogen (secondary N) is 1. The number of halogens is 1. The number of hydrogen-bond donors (Lipinski definition) is 1. The monoisotopic (exact) mass is 276 g/mol. The molecule has 2 rings (SSSR count). The fourth-order valence-corrected chi connectivity index (χ4v) is 1.84.